The predicted molar refractivity (Wildman–Crippen MR) is 60.3 cm³/mol. The van der Waals surface area contributed by atoms with Crippen molar-refractivity contribution in [3.8, 4) is 12.1 Å². The van der Waals surface area contributed by atoms with Crippen LogP contribution in [0.5, 0.6) is 0 Å². The van der Waals surface area contributed by atoms with Crippen molar-refractivity contribution in [1.82, 2.24) is 0 Å². The fourth-order valence-electron chi connectivity index (χ4n) is 1.13. The van der Waals surface area contributed by atoms with Gasteiger partial charge in [0.05, 0.1) is 0 Å². The number of nitriles is 2. The Balaban J connectivity index is 3.14. The zero-order valence-electron chi connectivity index (χ0n) is 9.01. The lowest BCUT2D eigenvalue weighted by Gasteiger charge is -2.12. The van der Waals surface area contributed by atoms with Gasteiger partial charge in [-0.1, -0.05) is 0 Å². The first-order valence-electron chi connectivity index (χ1n) is 4.52. The second-order valence-electron chi connectivity index (χ2n) is 3.28. The summed E-state index contributed by atoms with van der Waals surface area (Å²) in [5, 5.41) is 28.6. The van der Waals surface area contributed by atoms with Gasteiger partial charge >= 0.3 is 5.71 Å². The van der Waals surface area contributed by atoms with Crippen molar-refractivity contribution in [2.24, 2.45) is 0 Å². The minimum atomic E-state index is -0.474. The van der Waals surface area contributed by atoms with Gasteiger partial charge in [-0.05, 0) is 12.1 Å². The van der Waals surface area contributed by atoms with Gasteiger partial charge < -0.3 is 10.1 Å². The summed E-state index contributed by atoms with van der Waals surface area (Å²) in [7, 11) is 3.76. The van der Waals surface area contributed by atoms with Gasteiger partial charge in [-0.15, -0.1) is 4.74 Å². The summed E-state index contributed by atoms with van der Waals surface area (Å²) in [6.45, 7) is 0. The first-order valence-corrected chi connectivity index (χ1v) is 4.52. The normalized spacial score (nSPS) is 8.75. The first kappa shape index (κ1) is 11.5. The highest BCUT2D eigenvalue weighted by atomic mass is 16.5. The van der Waals surface area contributed by atoms with Gasteiger partial charge in [-0.2, -0.15) is 10.5 Å². The topological polar surface area (TPSA) is 76.9 Å². The number of benzene rings is 1. The van der Waals surface area contributed by atoms with Crippen LogP contribution in [0.25, 0.3) is 0 Å². The summed E-state index contributed by atoms with van der Waals surface area (Å²) < 4.78 is 0.319. The molecule has 80 valence electrons. The Labute approximate surface area is 93.7 Å². The predicted octanol–water partition coefficient (Wildman–Crippen LogP) is 1.38. The van der Waals surface area contributed by atoms with Crippen LogP contribution in [0.2, 0.25) is 0 Å². The van der Waals surface area contributed by atoms with Crippen LogP contribution in [0.1, 0.15) is 0 Å². The van der Waals surface area contributed by atoms with E-state index in [0.29, 0.717) is 4.74 Å². The Morgan fingerprint density at radius 2 is 1.69 bits per heavy atom. The van der Waals surface area contributed by atoms with Crippen LogP contribution in [0.4, 0.5) is 11.4 Å². The molecule has 0 aromatic heterocycles. The average molecular weight is 214 g/mol. The molecular weight excluding hydrogens is 204 g/mol. The third kappa shape index (κ3) is 2.28. The number of hydrogen-bond acceptors (Lipinski definition) is 4. The molecule has 0 N–H and O–H groups in total. The lowest BCUT2D eigenvalue weighted by atomic mass is 10.2. The summed E-state index contributed by atoms with van der Waals surface area (Å²) in [5.74, 6) is 0. The smallest absolute Gasteiger partial charge is 0.373 e. The maximum absolute atomic E-state index is 11.5. The molecule has 0 amide bonds. The van der Waals surface area contributed by atoms with Gasteiger partial charge in [0.1, 0.15) is 0 Å². The quantitative estimate of drug-likeness (QED) is 0.322. The Morgan fingerprint density at radius 1 is 1.19 bits per heavy atom. The van der Waals surface area contributed by atoms with E-state index in [1.165, 1.54) is 0 Å². The van der Waals surface area contributed by atoms with Crippen LogP contribution in [-0.2, 0) is 0 Å². The third-order valence-electron chi connectivity index (χ3n) is 2.02. The van der Waals surface area contributed by atoms with Crippen molar-refractivity contribution < 1.29 is 4.74 Å². The summed E-state index contributed by atoms with van der Waals surface area (Å²) >= 11 is 0. The van der Waals surface area contributed by atoms with Crippen molar-refractivity contribution in [3.63, 3.8) is 0 Å². The molecule has 1 aromatic carbocycles. The molecule has 16 heavy (non-hydrogen) atoms. The van der Waals surface area contributed by atoms with E-state index < -0.39 is 5.71 Å². The van der Waals surface area contributed by atoms with Crippen molar-refractivity contribution in [3.05, 3.63) is 29.5 Å². The van der Waals surface area contributed by atoms with Crippen LogP contribution >= 0.6 is 0 Å². The van der Waals surface area contributed by atoms with Crippen molar-refractivity contribution >= 4 is 17.1 Å². The zero-order valence-corrected chi connectivity index (χ0v) is 9.01. The van der Waals surface area contributed by atoms with Gasteiger partial charge in [0.25, 0.3) is 0 Å². The minimum absolute atomic E-state index is 0.267. The van der Waals surface area contributed by atoms with Crippen LogP contribution in [0.15, 0.2) is 24.3 Å². The SMILES string of the molecule is CN(C)c1ccc([N+]([O-])=C(C#N)C#N)cc1. The highest BCUT2D eigenvalue weighted by Gasteiger charge is 2.10. The molecule has 0 heterocycles. The van der Waals surface area contributed by atoms with Crippen LogP contribution in [-0.4, -0.2) is 24.5 Å². The number of rotatable bonds is 2. The van der Waals surface area contributed by atoms with Gasteiger partial charge in [0.15, 0.2) is 12.1 Å². The van der Waals surface area contributed by atoms with E-state index in [1.54, 1.807) is 36.4 Å². The van der Waals surface area contributed by atoms with E-state index in [2.05, 4.69) is 0 Å². The maximum Gasteiger partial charge on any atom is 0.373 e. The molecule has 0 saturated carbocycles. The molecule has 0 aliphatic rings. The molecule has 0 bridgehead atoms. The second kappa shape index (κ2) is 4.81. The number of hydrogen-bond donors (Lipinski definition) is 0. The van der Waals surface area contributed by atoms with Crippen LogP contribution in [0, 0.1) is 27.9 Å². The molecular formula is C11H10N4O. The first-order chi connectivity index (χ1) is 7.60. The second-order valence-corrected chi connectivity index (χ2v) is 3.28. The summed E-state index contributed by atoms with van der Waals surface area (Å²) in [4.78, 5) is 1.89. The molecule has 5 heteroatoms. The van der Waals surface area contributed by atoms with E-state index in [-0.39, 0.29) is 5.69 Å². The van der Waals surface area contributed by atoms with Gasteiger partial charge in [-0.25, -0.2) is 0 Å². The van der Waals surface area contributed by atoms with Crippen molar-refractivity contribution in [1.29, 1.82) is 10.5 Å². The van der Waals surface area contributed by atoms with Crippen LogP contribution < -0.4 is 4.90 Å². The largest absolute Gasteiger partial charge is 0.617 e. The highest BCUT2D eigenvalue weighted by molar-refractivity contribution is 6.07. The van der Waals surface area contributed by atoms with Crippen molar-refractivity contribution in [2.75, 3.05) is 19.0 Å². The molecule has 0 unspecified atom stereocenters. The molecule has 5 nitrogen and oxygen atoms in total. The van der Waals surface area contributed by atoms with Gasteiger partial charge in [-0.3, -0.25) is 0 Å². The highest BCUT2D eigenvalue weighted by Crippen LogP contribution is 2.17. The van der Waals surface area contributed by atoms with E-state index in [1.807, 2.05) is 19.0 Å². The van der Waals surface area contributed by atoms with E-state index in [9.17, 15) is 5.21 Å². The Morgan fingerprint density at radius 3 is 2.06 bits per heavy atom. The summed E-state index contributed by atoms with van der Waals surface area (Å²) in [5.41, 5.74) is 0.730. The monoisotopic (exact) mass is 214 g/mol. The summed E-state index contributed by atoms with van der Waals surface area (Å²) in [6, 6.07) is 9.71. The lowest BCUT2D eigenvalue weighted by Crippen LogP contribution is -2.09. The Kier molecular flexibility index (Phi) is 3.47. The van der Waals surface area contributed by atoms with Crippen LogP contribution in [0.3, 0.4) is 0 Å². The molecule has 0 saturated heterocycles. The molecule has 0 aliphatic carbocycles. The summed E-state index contributed by atoms with van der Waals surface area (Å²) in [6.07, 6.45) is 0. The molecule has 0 atom stereocenters. The van der Waals surface area contributed by atoms with E-state index in [4.69, 9.17) is 10.5 Å². The third-order valence-corrected chi connectivity index (χ3v) is 2.02. The standard InChI is InChI=1S/C11H10N4O/c1-14(2)9-3-5-10(6-4-9)15(16)11(7-12)8-13/h3-6H,1-2H3. The molecule has 0 aliphatic heterocycles. The fourth-order valence-corrected chi connectivity index (χ4v) is 1.13. The van der Waals surface area contributed by atoms with Gasteiger partial charge in [0, 0.05) is 31.9 Å². The molecule has 1 rings (SSSR count). The average Bonchev–Trinajstić information content (AvgIpc) is 2.30. The lowest BCUT2D eigenvalue weighted by molar-refractivity contribution is -0.357. The maximum atomic E-state index is 11.5. The minimum Gasteiger partial charge on any atom is -0.617 e. The Hall–Kier alpha value is -2.53. The van der Waals surface area contributed by atoms with Gasteiger partial charge in [0.2, 0.25) is 5.69 Å². The molecule has 0 spiro atoms. The van der Waals surface area contributed by atoms with E-state index in [0.717, 1.165) is 5.69 Å². The molecule has 0 radical (unpaired) electrons. The Bertz CT molecular complexity index is 472. The number of nitrogens with zero attached hydrogens (tertiary/aromatic N) is 4. The van der Waals surface area contributed by atoms with E-state index >= 15 is 0 Å². The molecule has 0 fully saturated rings. The fraction of sp³-hybridized carbons (Fsp3) is 0.182. The zero-order chi connectivity index (χ0) is 12.1. The molecule has 1 aromatic rings. The number of anilines is 1. The van der Waals surface area contributed by atoms with Crippen molar-refractivity contribution in [2.45, 2.75) is 0 Å².